The molecule has 8 nitrogen and oxygen atoms in total. The van der Waals surface area contributed by atoms with Gasteiger partial charge in [-0.25, -0.2) is 4.98 Å². The zero-order chi connectivity index (χ0) is 18.1. The minimum Gasteiger partial charge on any atom is -0.493 e. The Labute approximate surface area is 150 Å². The number of thiazole rings is 1. The summed E-state index contributed by atoms with van der Waals surface area (Å²) in [4.78, 5) is 17.6. The molecule has 0 saturated carbocycles. The van der Waals surface area contributed by atoms with E-state index in [0.29, 0.717) is 22.1 Å². The van der Waals surface area contributed by atoms with Crippen LogP contribution in [0.2, 0.25) is 0 Å². The third-order valence-electron chi connectivity index (χ3n) is 3.74. The van der Waals surface area contributed by atoms with E-state index in [-0.39, 0.29) is 11.6 Å². The molecule has 2 aromatic carbocycles. The number of nitrogens with one attached hydrogen (secondary N) is 1. The van der Waals surface area contributed by atoms with Crippen LogP contribution in [0.3, 0.4) is 0 Å². The number of aromatic nitrogens is 2. The van der Waals surface area contributed by atoms with Gasteiger partial charge in [-0.1, -0.05) is 30.3 Å². The Kier molecular flexibility index (Phi) is 3.90. The maximum atomic E-state index is 10.9. The van der Waals surface area contributed by atoms with Crippen LogP contribution in [0.1, 0.15) is 0 Å². The van der Waals surface area contributed by atoms with E-state index < -0.39 is 4.92 Å². The SMILES string of the molecule is O=[N+]([O-])c1cccc(-c2csc(N=Nc3c(O)[nH]c4ccccc34)n2)c1. The fourth-order valence-corrected chi connectivity index (χ4v) is 3.17. The van der Waals surface area contributed by atoms with Gasteiger partial charge in [-0.3, -0.25) is 10.1 Å². The third-order valence-corrected chi connectivity index (χ3v) is 4.46. The van der Waals surface area contributed by atoms with Crippen LogP contribution < -0.4 is 0 Å². The van der Waals surface area contributed by atoms with Crippen LogP contribution >= 0.6 is 11.3 Å². The van der Waals surface area contributed by atoms with E-state index in [9.17, 15) is 15.2 Å². The standard InChI is InChI=1S/C17H11N5O3S/c23-16-15(12-6-1-2-7-13(12)18-16)20-21-17-19-14(9-26-17)10-4-3-5-11(8-10)22(24)25/h1-9,18,23H. The number of nitro groups is 1. The number of benzene rings is 2. The molecule has 26 heavy (non-hydrogen) atoms. The summed E-state index contributed by atoms with van der Waals surface area (Å²) in [7, 11) is 0. The molecule has 4 aromatic rings. The van der Waals surface area contributed by atoms with E-state index >= 15 is 0 Å². The highest BCUT2D eigenvalue weighted by atomic mass is 32.1. The quantitative estimate of drug-likeness (QED) is 0.289. The second kappa shape index (κ2) is 6.37. The van der Waals surface area contributed by atoms with E-state index in [0.717, 1.165) is 10.9 Å². The van der Waals surface area contributed by atoms with E-state index in [2.05, 4.69) is 20.2 Å². The van der Waals surface area contributed by atoms with Crippen molar-refractivity contribution >= 4 is 38.7 Å². The van der Waals surface area contributed by atoms with Gasteiger partial charge in [0.1, 0.15) is 0 Å². The zero-order valence-electron chi connectivity index (χ0n) is 13.2. The zero-order valence-corrected chi connectivity index (χ0v) is 14.0. The van der Waals surface area contributed by atoms with Gasteiger partial charge in [0.15, 0.2) is 5.69 Å². The van der Waals surface area contributed by atoms with Crippen molar-refractivity contribution in [2.75, 3.05) is 0 Å². The summed E-state index contributed by atoms with van der Waals surface area (Å²) in [6.45, 7) is 0. The van der Waals surface area contributed by atoms with Crippen molar-refractivity contribution in [1.29, 1.82) is 0 Å². The first kappa shape index (κ1) is 15.9. The molecule has 0 aliphatic heterocycles. The van der Waals surface area contributed by atoms with Crippen LogP contribution in [0.15, 0.2) is 64.1 Å². The van der Waals surface area contributed by atoms with Crippen LogP contribution in [0.25, 0.3) is 22.2 Å². The third kappa shape index (κ3) is 2.91. The topological polar surface area (TPSA) is 117 Å². The molecule has 2 N–H and O–H groups in total. The molecule has 0 aliphatic rings. The highest BCUT2D eigenvalue weighted by Gasteiger charge is 2.12. The monoisotopic (exact) mass is 365 g/mol. The van der Waals surface area contributed by atoms with Crippen molar-refractivity contribution in [2.45, 2.75) is 0 Å². The van der Waals surface area contributed by atoms with Crippen molar-refractivity contribution in [1.82, 2.24) is 9.97 Å². The molecule has 0 bridgehead atoms. The summed E-state index contributed by atoms with van der Waals surface area (Å²) in [5.74, 6) is -0.0644. The maximum absolute atomic E-state index is 10.9. The molecule has 2 heterocycles. The van der Waals surface area contributed by atoms with Crippen molar-refractivity contribution < 1.29 is 10.0 Å². The fraction of sp³-hybridized carbons (Fsp3) is 0. The number of nitro benzene ring substituents is 1. The lowest BCUT2D eigenvalue weighted by atomic mass is 10.1. The molecule has 2 aromatic heterocycles. The Morgan fingerprint density at radius 1 is 1.15 bits per heavy atom. The molecule has 4 rings (SSSR count). The molecule has 0 aliphatic carbocycles. The Bertz CT molecular complexity index is 1150. The number of hydrogen-bond acceptors (Lipinski definition) is 7. The molecular formula is C17H11N5O3S. The number of rotatable bonds is 4. The van der Waals surface area contributed by atoms with Crippen molar-refractivity contribution in [3.8, 4) is 17.1 Å². The summed E-state index contributed by atoms with van der Waals surface area (Å²) < 4.78 is 0. The van der Waals surface area contributed by atoms with Crippen LogP contribution in [0, 0.1) is 10.1 Å². The average Bonchev–Trinajstić information content (AvgIpc) is 3.24. The number of aromatic amines is 1. The molecule has 0 fully saturated rings. The number of hydrogen-bond donors (Lipinski definition) is 2. The van der Waals surface area contributed by atoms with Gasteiger partial charge in [0.05, 0.1) is 16.1 Å². The van der Waals surface area contributed by atoms with Gasteiger partial charge in [0, 0.05) is 28.5 Å². The van der Waals surface area contributed by atoms with Gasteiger partial charge < -0.3 is 10.1 Å². The van der Waals surface area contributed by atoms with Gasteiger partial charge in [0.2, 0.25) is 11.0 Å². The predicted molar refractivity (Wildman–Crippen MR) is 98.3 cm³/mol. The van der Waals surface area contributed by atoms with E-state index in [1.807, 2.05) is 24.3 Å². The molecule has 0 atom stereocenters. The summed E-state index contributed by atoms with van der Waals surface area (Å²) in [5, 5.41) is 32.0. The number of azo groups is 1. The number of para-hydroxylation sites is 1. The Morgan fingerprint density at radius 3 is 2.85 bits per heavy atom. The van der Waals surface area contributed by atoms with Crippen LogP contribution in [-0.2, 0) is 0 Å². The molecule has 0 radical (unpaired) electrons. The predicted octanol–water partition coefficient (Wildman–Crippen LogP) is 5.32. The second-order valence-electron chi connectivity index (χ2n) is 5.39. The van der Waals surface area contributed by atoms with Gasteiger partial charge in [-0.05, 0) is 6.07 Å². The maximum Gasteiger partial charge on any atom is 0.270 e. The van der Waals surface area contributed by atoms with Crippen LogP contribution in [0.4, 0.5) is 16.5 Å². The molecule has 0 saturated heterocycles. The molecule has 0 amide bonds. The van der Waals surface area contributed by atoms with Gasteiger partial charge >= 0.3 is 0 Å². The highest BCUT2D eigenvalue weighted by molar-refractivity contribution is 7.13. The molecule has 9 heteroatoms. The Hall–Kier alpha value is -3.59. The number of fused-ring (bicyclic) bond motifs is 1. The Morgan fingerprint density at radius 2 is 2.00 bits per heavy atom. The molecular weight excluding hydrogens is 354 g/mol. The lowest BCUT2D eigenvalue weighted by Gasteiger charge is -1.96. The first-order valence-corrected chi connectivity index (χ1v) is 8.41. The molecule has 0 unspecified atom stereocenters. The minimum absolute atomic E-state index is 0.00221. The molecule has 0 spiro atoms. The van der Waals surface area contributed by atoms with Gasteiger partial charge in [-0.15, -0.1) is 21.6 Å². The number of non-ortho nitro benzene ring substituents is 1. The normalized spacial score (nSPS) is 11.4. The number of H-pyrrole nitrogens is 1. The fourth-order valence-electron chi connectivity index (χ4n) is 2.53. The Balaban J connectivity index is 1.64. The van der Waals surface area contributed by atoms with Gasteiger partial charge in [0.25, 0.3) is 5.69 Å². The van der Waals surface area contributed by atoms with Crippen LogP contribution in [-0.4, -0.2) is 20.0 Å². The lowest BCUT2D eigenvalue weighted by Crippen LogP contribution is -1.87. The van der Waals surface area contributed by atoms with Crippen LogP contribution in [0.5, 0.6) is 5.88 Å². The van der Waals surface area contributed by atoms with E-state index in [1.54, 1.807) is 17.5 Å². The minimum atomic E-state index is -0.448. The summed E-state index contributed by atoms with van der Waals surface area (Å²) in [5.41, 5.74) is 2.31. The van der Waals surface area contributed by atoms with E-state index in [4.69, 9.17) is 0 Å². The number of aromatic hydroxyl groups is 1. The summed E-state index contributed by atoms with van der Waals surface area (Å²) in [6, 6.07) is 13.6. The first-order valence-electron chi connectivity index (χ1n) is 7.53. The average molecular weight is 365 g/mol. The lowest BCUT2D eigenvalue weighted by molar-refractivity contribution is -0.384. The van der Waals surface area contributed by atoms with Crippen molar-refractivity contribution in [3.05, 3.63) is 64.0 Å². The van der Waals surface area contributed by atoms with Crippen molar-refractivity contribution in [3.63, 3.8) is 0 Å². The van der Waals surface area contributed by atoms with Gasteiger partial charge in [-0.2, -0.15) is 0 Å². The largest absolute Gasteiger partial charge is 0.493 e. The molecule has 128 valence electrons. The van der Waals surface area contributed by atoms with E-state index in [1.165, 1.54) is 23.5 Å². The summed E-state index contributed by atoms with van der Waals surface area (Å²) >= 11 is 1.26. The number of nitrogens with zero attached hydrogens (tertiary/aromatic N) is 4. The summed E-state index contributed by atoms with van der Waals surface area (Å²) in [6.07, 6.45) is 0. The smallest absolute Gasteiger partial charge is 0.270 e. The highest BCUT2D eigenvalue weighted by Crippen LogP contribution is 2.37. The second-order valence-corrected chi connectivity index (χ2v) is 6.23. The first-order chi connectivity index (χ1) is 12.6. The van der Waals surface area contributed by atoms with Crippen molar-refractivity contribution in [2.24, 2.45) is 10.2 Å².